The van der Waals surface area contributed by atoms with Crippen LogP contribution in [0.2, 0.25) is 5.02 Å². The van der Waals surface area contributed by atoms with E-state index < -0.39 is 0 Å². The average Bonchev–Trinajstić information content (AvgIpc) is 2.98. The minimum Gasteiger partial charge on any atom is -0.493 e. The summed E-state index contributed by atoms with van der Waals surface area (Å²) in [7, 11) is 1.54. The van der Waals surface area contributed by atoms with Crippen molar-refractivity contribution in [1.82, 2.24) is 15.8 Å². The zero-order valence-corrected chi connectivity index (χ0v) is 14.6. The first kappa shape index (κ1) is 17.9. The number of nitrogens with zero attached hydrogens (tertiary/aromatic N) is 1. The molecule has 0 bridgehead atoms. The van der Waals surface area contributed by atoms with Crippen molar-refractivity contribution < 1.29 is 18.8 Å². The summed E-state index contributed by atoms with van der Waals surface area (Å²) in [5, 5.41) is 9.68. The second kappa shape index (κ2) is 8.44. The van der Waals surface area contributed by atoms with Gasteiger partial charge < -0.3 is 24.6 Å². The first-order valence-corrected chi connectivity index (χ1v) is 7.84. The van der Waals surface area contributed by atoms with Gasteiger partial charge >= 0.3 is 6.03 Å². The highest BCUT2D eigenvalue weighted by Crippen LogP contribution is 2.36. The number of nitrogens with one attached hydrogen (secondary N) is 2. The van der Waals surface area contributed by atoms with E-state index in [1.165, 1.54) is 7.11 Å². The number of hydrogen-bond donors (Lipinski definition) is 2. The van der Waals surface area contributed by atoms with Crippen molar-refractivity contribution >= 4 is 17.6 Å². The number of amides is 2. The van der Waals surface area contributed by atoms with E-state index in [0.29, 0.717) is 41.1 Å². The summed E-state index contributed by atoms with van der Waals surface area (Å²) in [6.07, 6.45) is 0. The number of hydrogen-bond acceptors (Lipinski definition) is 5. The van der Waals surface area contributed by atoms with Crippen LogP contribution in [0, 0.1) is 6.92 Å². The van der Waals surface area contributed by atoms with Gasteiger partial charge in [0, 0.05) is 12.6 Å². The van der Waals surface area contributed by atoms with Gasteiger partial charge in [-0.3, -0.25) is 0 Å². The number of rotatable bonds is 7. The Bertz CT molecular complexity index is 703. The van der Waals surface area contributed by atoms with Crippen molar-refractivity contribution in [2.75, 3.05) is 13.7 Å². The number of carbonyl (C=O) groups is 1. The Morgan fingerprint density at radius 1 is 1.29 bits per heavy atom. The number of ether oxygens (including phenoxy) is 2. The van der Waals surface area contributed by atoms with Crippen LogP contribution in [-0.4, -0.2) is 24.9 Å². The van der Waals surface area contributed by atoms with E-state index in [1.807, 2.05) is 6.92 Å². The molecule has 0 aliphatic heterocycles. The van der Waals surface area contributed by atoms with Crippen LogP contribution in [0.25, 0.3) is 0 Å². The molecule has 0 saturated carbocycles. The Kier molecular flexibility index (Phi) is 6.31. The van der Waals surface area contributed by atoms with Crippen LogP contribution in [-0.2, 0) is 13.1 Å². The summed E-state index contributed by atoms with van der Waals surface area (Å²) in [4.78, 5) is 11.8. The molecule has 0 radical (unpaired) electrons. The fraction of sp³-hybridized carbons (Fsp3) is 0.375. The van der Waals surface area contributed by atoms with Gasteiger partial charge in [0.15, 0.2) is 11.5 Å². The molecule has 24 heavy (non-hydrogen) atoms. The van der Waals surface area contributed by atoms with Gasteiger partial charge in [0.1, 0.15) is 11.5 Å². The van der Waals surface area contributed by atoms with Crippen molar-refractivity contribution in [3.05, 3.63) is 40.2 Å². The van der Waals surface area contributed by atoms with Gasteiger partial charge in [-0.2, -0.15) is 0 Å². The molecule has 7 nitrogen and oxygen atoms in total. The summed E-state index contributed by atoms with van der Waals surface area (Å²) in [5.41, 5.74) is 1.46. The minimum absolute atomic E-state index is 0.288. The maximum atomic E-state index is 11.8. The Hall–Kier alpha value is -2.41. The molecule has 8 heteroatoms. The van der Waals surface area contributed by atoms with E-state index >= 15 is 0 Å². The third-order valence-corrected chi connectivity index (χ3v) is 3.42. The van der Waals surface area contributed by atoms with Crippen LogP contribution < -0.4 is 20.1 Å². The topological polar surface area (TPSA) is 85.6 Å². The normalized spacial score (nSPS) is 10.3. The maximum Gasteiger partial charge on any atom is 0.315 e. The minimum atomic E-state index is -0.320. The standard InChI is InChI=1S/C16H20ClN3O4/c1-4-23-15-13(17)6-11(7-14(15)22-3)8-18-16(21)19-9-12-5-10(2)24-20-12/h5-7H,4,8-9H2,1-3H3,(H2,18,19,21). The molecule has 1 heterocycles. The van der Waals surface area contributed by atoms with Crippen molar-refractivity contribution in [2.24, 2.45) is 0 Å². The van der Waals surface area contributed by atoms with E-state index in [1.54, 1.807) is 25.1 Å². The van der Waals surface area contributed by atoms with E-state index in [2.05, 4.69) is 15.8 Å². The first-order chi connectivity index (χ1) is 11.5. The monoisotopic (exact) mass is 353 g/mol. The molecule has 0 unspecified atom stereocenters. The second-order valence-electron chi connectivity index (χ2n) is 5.01. The Balaban J connectivity index is 1.91. The maximum absolute atomic E-state index is 11.8. The van der Waals surface area contributed by atoms with Gasteiger partial charge in [-0.15, -0.1) is 0 Å². The fourth-order valence-corrected chi connectivity index (χ4v) is 2.36. The van der Waals surface area contributed by atoms with Gasteiger partial charge in [0.2, 0.25) is 0 Å². The third kappa shape index (κ3) is 4.79. The van der Waals surface area contributed by atoms with E-state index in [4.69, 9.17) is 25.6 Å². The van der Waals surface area contributed by atoms with E-state index in [9.17, 15) is 4.79 Å². The molecule has 0 atom stereocenters. The third-order valence-electron chi connectivity index (χ3n) is 3.14. The number of halogens is 1. The molecule has 1 aromatic heterocycles. The van der Waals surface area contributed by atoms with Crippen molar-refractivity contribution in [3.8, 4) is 11.5 Å². The lowest BCUT2D eigenvalue weighted by Crippen LogP contribution is -2.34. The lowest BCUT2D eigenvalue weighted by atomic mass is 10.2. The number of aromatic nitrogens is 1. The molecular weight excluding hydrogens is 334 g/mol. The van der Waals surface area contributed by atoms with E-state index in [-0.39, 0.29) is 12.6 Å². The number of aryl methyl sites for hydroxylation is 1. The zero-order valence-electron chi connectivity index (χ0n) is 13.8. The molecule has 2 N–H and O–H groups in total. The molecule has 2 rings (SSSR count). The van der Waals surface area contributed by atoms with Crippen LogP contribution in [0.15, 0.2) is 22.7 Å². The van der Waals surface area contributed by atoms with Crippen LogP contribution >= 0.6 is 11.6 Å². The van der Waals surface area contributed by atoms with Gasteiger partial charge in [0.25, 0.3) is 0 Å². The SMILES string of the molecule is CCOc1c(Cl)cc(CNC(=O)NCc2cc(C)on2)cc1OC. The Morgan fingerprint density at radius 2 is 2.04 bits per heavy atom. The first-order valence-electron chi connectivity index (χ1n) is 7.46. The van der Waals surface area contributed by atoms with Gasteiger partial charge in [0.05, 0.1) is 25.3 Å². The van der Waals surface area contributed by atoms with Crippen LogP contribution in [0.4, 0.5) is 4.79 Å². The number of urea groups is 1. The molecule has 2 amide bonds. The largest absolute Gasteiger partial charge is 0.493 e. The average molecular weight is 354 g/mol. The molecule has 1 aromatic carbocycles. The molecule has 0 saturated heterocycles. The molecule has 0 fully saturated rings. The zero-order chi connectivity index (χ0) is 17.5. The van der Waals surface area contributed by atoms with E-state index in [0.717, 1.165) is 5.56 Å². The van der Waals surface area contributed by atoms with Crippen LogP contribution in [0.5, 0.6) is 11.5 Å². The summed E-state index contributed by atoms with van der Waals surface area (Å²) in [5.74, 6) is 1.72. The molecular formula is C16H20ClN3O4. The Morgan fingerprint density at radius 3 is 2.67 bits per heavy atom. The smallest absolute Gasteiger partial charge is 0.315 e. The van der Waals surface area contributed by atoms with Crippen LogP contribution in [0.1, 0.15) is 23.9 Å². The Labute approximate surface area is 145 Å². The number of carbonyl (C=O) groups excluding carboxylic acids is 1. The predicted molar refractivity (Wildman–Crippen MR) is 89.5 cm³/mol. The quantitative estimate of drug-likeness (QED) is 0.799. The van der Waals surface area contributed by atoms with Crippen molar-refractivity contribution in [1.29, 1.82) is 0 Å². The number of methoxy groups -OCH3 is 1. The molecule has 2 aromatic rings. The van der Waals surface area contributed by atoms with Gasteiger partial charge in [-0.25, -0.2) is 4.79 Å². The second-order valence-corrected chi connectivity index (χ2v) is 5.41. The predicted octanol–water partition coefficient (Wildman–Crippen LogP) is 3.04. The summed E-state index contributed by atoms with van der Waals surface area (Å²) >= 11 is 6.20. The summed E-state index contributed by atoms with van der Waals surface area (Å²) in [6.45, 7) is 4.73. The lowest BCUT2D eigenvalue weighted by molar-refractivity contribution is 0.239. The molecule has 0 aliphatic carbocycles. The molecule has 0 spiro atoms. The number of benzene rings is 1. The fourth-order valence-electron chi connectivity index (χ4n) is 2.08. The molecule has 0 aliphatic rings. The van der Waals surface area contributed by atoms with Crippen molar-refractivity contribution in [2.45, 2.75) is 26.9 Å². The molecule has 130 valence electrons. The highest BCUT2D eigenvalue weighted by Gasteiger charge is 2.12. The highest BCUT2D eigenvalue weighted by molar-refractivity contribution is 6.32. The summed E-state index contributed by atoms with van der Waals surface area (Å²) in [6, 6.07) is 4.95. The highest BCUT2D eigenvalue weighted by atomic mass is 35.5. The van der Waals surface area contributed by atoms with Gasteiger partial charge in [-0.1, -0.05) is 16.8 Å². The van der Waals surface area contributed by atoms with Gasteiger partial charge in [-0.05, 0) is 31.5 Å². The summed E-state index contributed by atoms with van der Waals surface area (Å²) < 4.78 is 15.7. The van der Waals surface area contributed by atoms with Crippen LogP contribution in [0.3, 0.4) is 0 Å². The van der Waals surface area contributed by atoms with Crippen molar-refractivity contribution in [3.63, 3.8) is 0 Å². The lowest BCUT2D eigenvalue weighted by Gasteiger charge is -2.13.